The third-order valence-electron chi connectivity index (χ3n) is 13.7. The van der Waals surface area contributed by atoms with Gasteiger partial charge in [-0.15, -0.1) is 22.7 Å². The van der Waals surface area contributed by atoms with Crippen molar-refractivity contribution in [1.82, 2.24) is 0 Å². The van der Waals surface area contributed by atoms with Gasteiger partial charge in [-0.1, -0.05) is 12.8 Å². The third kappa shape index (κ3) is 6.02. The highest BCUT2D eigenvalue weighted by Gasteiger charge is 2.48. The Balaban J connectivity index is 1.08. The van der Waals surface area contributed by atoms with Crippen LogP contribution in [-0.2, 0) is 11.2 Å². The molecule has 0 N–H and O–H groups in total. The largest absolute Gasteiger partial charge is 0.481 e. The van der Waals surface area contributed by atoms with Gasteiger partial charge in [0.1, 0.15) is 22.7 Å². The summed E-state index contributed by atoms with van der Waals surface area (Å²) in [7, 11) is 0. The molecule has 3 aromatic carbocycles. The van der Waals surface area contributed by atoms with Crippen LogP contribution in [0.2, 0.25) is 0 Å². The minimum absolute atomic E-state index is 0.0172. The van der Waals surface area contributed by atoms with E-state index < -0.39 is 57.4 Å². The van der Waals surface area contributed by atoms with Crippen molar-refractivity contribution >= 4 is 57.5 Å². The van der Waals surface area contributed by atoms with Crippen molar-refractivity contribution in [3.8, 4) is 44.5 Å². The first kappa shape index (κ1) is 41.4. The summed E-state index contributed by atoms with van der Waals surface area (Å²) in [4.78, 5) is 37.2. The minimum Gasteiger partial charge on any atom is -0.481 e. The van der Waals surface area contributed by atoms with Gasteiger partial charge in [-0.2, -0.15) is 0 Å². The average Bonchev–Trinajstić information content (AvgIpc) is 4.05. The van der Waals surface area contributed by atoms with Crippen molar-refractivity contribution < 1.29 is 36.6 Å². The first-order valence-corrected chi connectivity index (χ1v) is 23.0. The Bertz CT molecular complexity index is 3160. The Labute approximate surface area is 383 Å². The van der Waals surface area contributed by atoms with Crippen molar-refractivity contribution in [3.63, 3.8) is 0 Å². The molecule has 2 aromatic heterocycles. The van der Waals surface area contributed by atoms with E-state index in [0.29, 0.717) is 21.3 Å². The predicted molar refractivity (Wildman–Crippen MR) is 239 cm³/mol. The van der Waals surface area contributed by atoms with E-state index in [0.717, 1.165) is 120 Å². The molecule has 14 heteroatoms. The number of nitriles is 2. The van der Waals surface area contributed by atoms with E-state index in [9.17, 15) is 37.7 Å². The number of hydrogen-bond acceptors (Lipinski definition) is 8. The fourth-order valence-corrected chi connectivity index (χ4v) is 12.9. The van der Waals surface area contributed by atoms with Gasteiger partial charge in [-0.3, -0.25) is 9.59 Å². The summed E-state index contributed by atoms with van der Waals surface area (Å²) >= 11 is 2.73. The number of nitrogens with zero attached hydrogens (tertiary/aromatic N) is 4. The number of hydrogen-bond donors (Lipinski definition) is 0. The maximum atomic E-state index is 14.6. The molecule has 0 unspecified atom stereocenters. The quantitative estimate of drug-likeness (QED) is 0.0755. The van der Waals surface area contributed by atoms with Crippen LogP contribution in [0.15, 0.2) is 71.1 Å². The van der Waals surface area contributed by atoms with Crippen LogP contribution in [0, 0.1) is 59.1 Å². The first-order chi connectivity index (χ1) is 31.9. The topological polar surface area (TPSA) is 109 Å². The monoisotopic (exact) mass is 914 g/mol. The molecule has 0 atom stereocenters. The maximum Gasteiger partial charge on any atom is 0.270 e. The van der Waals surface area contributed by atoms with Crippen molar-refractivity contribution in [2.24, 2.45) is 0 Å². The lowest BCUT2D eigenvalue weighted by molar-refractivity contribution is 0.0205. The molecule has 11 rings (SSSR count). The minimum atomic E-state index is -1.22. The zero-order valence-electron chi connectivity index (χ0n) is 34.6. The first-order valence-electron chi connectivity index (χ1n) is 21.3. The fraction of sp³-hybridized carbons (Fsp3) is 0.231. The molecule has 6 aliphatic rings. The molecule has 322 valence electrons. The van der Waals surface area contributed by atoms with Crippen LogP contribution in [0.5, 0.6) is 11.5 Å². The second kappa shape index (κ2) is 15.1. The molecular formula is C52H30F4N4O4S2. The number of rotatable bonds is 2. The molecular weight excluding hydrogens is 885 g/mol. The molecule has 0 bridgehead atoms. The Hall–Kier alpha value is -7.36. The molecule has 8 nitrogen and oxygen atoms in total. The Kier molecular flexibility index (Phi) is 9.46. The molecule has 66 heavy (non-hydrogen) atoms. The third-order valence-corrected chi connectivity index (χ3v) is 15.8. The number of Topliss-reactive ketones (excluding diaryl/α,β-unsaturated/α-hetero) is 2. The number of halogens is 4. The summed E-state index contributed by atoms with van der Waals surface area (Å²) in [5.74, 6) is -4.88. The Morgan fingerprint density at radius 2 is 0.924 bits per heavy atom. The van der Waals surface area contributed by atoms with Gasteiger partial charge < -0.3 is 9.47 Å². The highest BCUT2D eigenvalue weighted by molar-refractivity contribution is 7.17. The molecule has 2 spiro atoms. The number of fused-ring (bicyclic) bond motifs is 10. The van der Waals surface area contributed by atoms with Crippen LogP contribution in [0.25, 0.3) is 53.9 Å². The standard InChI is InChI=1S/C52H30F4N4O4S2/c1-59-41(23-57)45-27-19-37(53)39(55)21-29(27)47(61)33(45)13-25-15-43-49(65-25)31-17-36-32(18-35(31)51(63-43)9-5-3-6-10-51)50-44(64-52(36)11-7-4-8-12-52)16-26(66-50)14-34-46(42(24-58)60-2)28-20-38(54)40(56)22-30(28)48(34)62/h13-22H,3-12H2/b33-13-,34-14-,45-41-,46-42+. The Morgan fingerprint density at radius 1 is 0.561 bits per heavy atom. The van der Waals surface area contributed by atoms with E-state index in [1.54, 1.807) is 12.2 Å². The molecule has 0 radical (unpaired) electrons. The average molecular weight is 915 g/mol. The van der Waals surface area contributed by atoms with E-state index in [1.807, 2.05) is 24.3 Å². The van der Waals surface area contributed by atoms with Crippen LogP contribution in [0.1, 0.15) is 117 Å². The fourth-order valence-electron chi connectivity index (χ4n) is 10.7. The van der Waals surface area contributed by atoms with E-state index in [4.69, 9.17) is 22.6 Å². The van der Waals surface area contributed by atoms with Crippen LogP contribution in [0.4, 0.5) is 17.6 Å². The van der Waals surface area contributed by atoms with Crippen molar-refractivity contribution in [2.75, 3.05) is 0 Å². The lowest BCUT2D eigenvalue weighted by Crippen LogP contribution is -2.40. The van der Waals surface area contributed by atoms with E-state index in [1.165, 1.54) is 22.7 Å². The van der Waals surface area contributed by atoms with Gasteiger partial charge in [-0.05, 0) is 123 Å². The highest BCUT2D eigenvalue weighted by Crippen LogP contribution is 2.61. The van der Waals surface area contributed by atoms with Gasteiger partial charge in [0.2, 0.25) is 0 Å². The second-order valence-electron chi connectivity index (χ2n) is 17.2. The molecule has 0 amide bonds. The molecule has 2 fully saturated rings. The molecule has 4 aliphatic carbocycles. The molecule has 5 aromatic rings. The van der Waals surface area contributed by atoms with Crippen LogP contribution in [-0.4, -0.2) is 11.6 Å². The van der Waals surface area contributed by atoms with Gasteiger partial charge >= 0.3 is 0 Å². The van der Waals surface area contributed by atoms with Gasteiger partial charge in [0.15, 0.2) is 34.8 Å². The van der Waals surface area contributed by atoms with Crippen molar-refractivity contribution in [3.05, 3.63) is 160 Å². The van der Waals surface area contributed by atoms with Crippen molar-refractivity contribution in [2.45, 2.75) is 75.4 Å². The van der Waals surface area contributed by atoms with E-state index in [-0.39, 0.29) is 44.5 Å². The van der Waals surface area contributed by atoms with E-state index in [2.05, 4.69) is 21.8 Å². The second-order valence-corrected chi connectivity index (χ2v) is 19.4. The van der Waals surface area contributed by atoms with Gasteiger partial charge in [-0.25, -0.2) is 37.8 Å². The molecule has 0 saturated heterocycles. The SMILES string of the molecule is [C-]#[N+]/C(C#N)=C1\C(=C\c2cc3c(s2)-c2cc4c(cc2C2(CCCCC2)O3)-c2sc(/C=C3\C(=O)c5cc(F)c(F)cc5\C3=C(\C#N)[N+]#[C-])cc2OC42CCCCC2)C(=O)c2cc(F)c(F)cc21. The lowest BCUT2D eigenvalue weighted by Gasteiger charge is -2.45. The number of ether oxygens (including phenoxy) is 2. The number of carbonyl (C=O) groups is 2. The number of carbonyl (C=O) groups excluding carboxylic acids is 2. The summed E-state index contributed by atoms with van der Waals surface area (Å²) in [5.41, 5.74) is 1.18. The zero-order chi connectivity index (χ0) is 45.8. The normalized spacial score (nSPS) is 20.7. The number of ketones is 2. The van der Waals surface area contributed by atoms with E-state index >= 15 is 0 Å². The molecule has 2 saturated carbocycles. The number of benzene rings is 3. The Morgan fingerprint density at radius 3 is 1.27 bits per heavy atom. The molecule has 4 heterocycles. The summed E-state index contributed by atoms with van der Waals surface area (Å²) in [6.45, 7) is 15.4. The molecule has 2 aliphatic heterocycles. The van der Waals surface area contributed by atoms with Gasteiger partial charge in [0.05, 0.1) is 35.0 Å². The van der Waals surface area contributed by atoms with Crippen molar-refractivity contribution in [1.29, 1.82) is 10.5 Å². The van der Waals surface area contributed by atoms with Gasteiger partial charge in [0, 0.05) is 65.4 Å². The lowest BCUT2D eigenvalue weighted by atomic mass is 9.71. The number of thiophene rings is 2. The zero-order valence-corrected chi connectivity index (χ0v) is 36.2. The van der Waals surface area contributed by atoms with Crippen LogP contribution < -0.4 is 9.47 Å². The smallest absolute Gasteiger partial charge is 0.270 e. The summed E-state index contributed by atoms with van der Waals surface area (Å²) in [6.07, 6.45) is 11.8. The summed E-state index contributed by atoms with van der Waals surface area (Å²) in [6, 6.07) is 15.1. The van der Waals surface area contributed by atoms with Crippen LogP contribution in [0.3, 0.4) is 0 Å². The number of allylic oxidation sites excluding steroid dienone is 6. The van der Waals surface area contributed by atoms with Gasteiger partial charge in [0.25, 0.3) is 11.4 Å². The van der Waals surface area contributed by atoms with Crippen LogP contribution >= 0.6 is 22.7 Å². The summed E-state index contributed by atoms with van der Waals surface area (Å²) < 4.78 is 72.2. The maximum absolute atomic E-state index is 14.6. The predicted octanol–water partition coefficient (Wildman–Crippen LogP) is 13.7. The summed E-state index contributed by atoms with van der Waals surface area (Å²) in [5, 5.41) is 19.8. The highest BCUT2D eigenvalue weighted by atomic mass is 32.1.